The van der Waals surface area contributed by atoms with Crippen LogP contribution in [0.2, 0.25) is 0 Å². The first-order valence-electron chi connectivity index (χ1n) is 11.1. The predicted octanol–water partition coefficient (Wildman–Crippen LogP) is 3.24. The van der Waals surface area contributed by atoms with Crippen molar-refractivity contribution in [3.8, 4) is 0 Å². The van der Waals surface area contributed by atoms with Crippen LogP contribution in [0, 0.1) is 18.8 Å². The van der Waals surface area contributed by atoms with Crippen molar-refractivity contribution >= 4 is 5.96 Å². The van der Waals surface area contributed by atoms with Crippen molar-refractivity contribution in [2.75, 3.05) is 26.2 Å². The summed E-state index contributed by atoms with van der Waals surface area (Å²) in [5, 5.41) is 12.1. The van der Waals surface area contributed by atoms with E-state index in [4.69, 9.17) is 4.99 Å². The lowest BCUT2D eigenvalue weighted by molar-refractivity contribution is 0.234. The molecule has 0 saturated carbocycles. The predicted molar refractivity (Wildman–Crippen MR) is 117 cm³/mol. The molecule has 3 unspecified atom stereocenters. The van der Waals surface area contributed by atoms with Gasteiger partial charge in [0.05, 0.1) is 0 Å². The summed E-state index contributed by atoms with van der Waals surface area (Å²) in [5.74, 6) is 5.06. The quantitative estimate of drug-likeness (QED) is 0.639. The van der Waals surface area contributed by atoms with Gasteiger partial charge < -0.3 is 14.8 Å². The number of hydrogen-bond acceptors (Lipinski definition) is 3. The Balaban J connectivity index is 1.39. The van der Waals surface area contributed by atoms with Crippen LogP contribution >= 0.6 is 0 Å². The van der Waals surface area contributed by atoms with Crippen LogP contribution < -0.4 is 5.32 Å². The molecule has 1 aromatic heterocycles. The summed E-state index contributed by atoms with van der Waals surface area (Å²) in [4.78, 5) is 7.52. The van der Waals surface area contributed by atoms with Gasteiger partial charge in [-0.3, -0.25) is 4.99 Å². The molecule has 0 amide bonds. The summed E-state index contributed by atoms with van der Waals surface area (Å²) in [6.07, 6.45) is 3.34. The number of guanidine groups is 1. The Morgan fingerprint density at radius 2 is 2.00 bits per heavy atom. The standard InChI is InChI=1S/C23H34N6/c1-4-24-23(25-14-19-10-11-22-27-26-18(3)29(22)16-19)28-13-12-21(17(2)15-28)20-8-6-5-7-9-20/h5-9,17,19,21H,4,10-16H2,1-3H3,(H,24,25). The van der Waals surface area contributed by atoms with Crippen molar-refractivity contribution in [2.45, 2.75) is 52.5 Å². The first-order valence-corrected chi connectivity index (χ1v) is 11.1. The maximum atomic E-state index is 5.06. The molecule has 4 rings (SSSR count). The molecule has 2 aliphatic heterocycles. The average Bonchev–Trinajstić information content (AvgIpc) is 3.12. The Labute approximate surface area is 174 Å². The van der Waals surface area contributed by atoms with Crippen LogP contribution in [0.25, 0.3) is 0 Å². The van der Waals surface area contributed by atoms with Gasteiger partial charge in [0.2, 0.25) is 0 Å². The molecule has 3 atom stereocenters. The number of likely N-dealkylation sites (tertiary alicyclic amines) is 1. The number of piperidine rings is 1. The molecule has 6 nitrogen and oxygen atoms in total. The van der Waals surface area contributed by atoms with E-state index >= 15 is 0 Å². The molecule has 1 saturated heterocycles. The lowest BCUT2D eigenvalue weighted by atomic mass is 9.82. The third-order valence-corrected chi connectivity index (χ3v) is 6.50. The number of aliphatic imine (C=N–C) groups is 1. The van der Waals surface area contributed by atoms with Crippen LogP contribution in [0.3, 0.4) is 0 Å². The molecule has 156 valence electrons. The number of aromatic nitrogens is 3. The fourth-order valence-corrected chi connectivity index (χ4v) is 4.85. The van der Waals surface area contributed by atoms with Crippen molar-refractivity contribution in [1.29, 1.82) is 0 Å². The summed E-state index contributed by atoms with van der Waals surface area (Å²) in [6, 6.07) is 11.0. The van der Waals surface area contributed by atoms with Crippen molar-refractivity contribution < 1.29 is 0 Å². The van der Waals surface area contributed by atoms with E-state index in [1.807, 2.05) is 6.92 Å². The van der Waals surface area contributed by atoms with E-state index in [-0.39, 0.29) is 0 Å². The highest BCUT2D eigenvalue weighted by molar-refractivity contribution is 5.80. The highest BCUT2D eigenvalue weighted by Crippen LogP contribution is 2.32. The van der Waals surface area contributed by atoms with E-state index in [0.29, 0.717) is 17.8 Å². The maximum absolute atomic E-state index is 5.06. The second-order valence-corrected chi connectivity index (χ2v) is 8.60. The SMILES string of the molecule is CCNC(=NCC1CCc2nnc(C)n2C1)N1CCC(c2ccccc2)C(C)C1. The molecule has 2 aromatic rings. The Bertz CT molecular complexity index is 827. The smallest absolute Gasteiger partial charge is 0.193 e. The van der Waals surface area contributed by atoms with Gasteiger partial charge in [-0.05, 0) is 50.0 Å². The first-order chi connectivity index (χ1) is 14.2. The Hall–Kier alpha value is -2.37. The minimum Gasteiger partial charge on any atom is -0.357 e. The van der Waals surface area contributed by atoms with Gasteiger partial charge in [-0.25, -0.2) is 0 Å². The van der Waals surface area contributed by atoms with Crippen LogP contribution in [0.15, 0.2) is 35.3 Å². The Kier molecular flexibility index (Phi) is 6.16. The topological polar surface area (TPSA) is 58.3 Å². The van der Waals surface area contributed by atoms with Gasteiger partial charge in [0.25, 0.3) is 0 Å². The third kappa shape index (κ3) is 4.46. The van der Waals surface area contributed by atoms with Crippen LogP contribution in [-0.4, -0.2) is 51.8 Å². The fraction of sp³-hybridized carbons (Fsp3) is 0.609. The molecule has 1 N–H and O–H groups in total. The van der Waals surface area contributed by atoms with Gasteiger partial charge in [0.1, 0.15) is 11.6 Å². The number of benzene rings is 1. The molecular formula is C23H34N6. The summed E-state index contributed by atoms with van der Waals surface area (Å²) < 4.78 is 2.27. The Morgan fingerprint density at radius 1 is 1.17 bits per heavy atom. The van der Waals surface area contributed by atoms with Gasteiger partial charge in [0, 0.05) is 39.1 Å². The van der Waals surface area contributed by atoms with Crippen LogP contribution in [0.1, 0.15) is 49.8 Å². The second kappa shape index (κ2) is 8.97. The molecule has 3 heterocycles. The van der Waals surface area contributed by atoms with Crippen molar-refractivity contribution in [3.63, 3.8) is 0 Å². The number of nitrogens with one attached hydrogen (secondary N) is 1. The lowest BCUT2D eigenvalue weighted by Crippen LogP contribution is -2.48. The van der Waals surface area contributed by atoms with Gasteiger partial charge in [-0.1, -0.05) is 37.3 Å². The molecule has 6 heteroatoms. The van der Waals surface area contributed by atoms with E-state index in [0.717, 1.165) is 63.2 Å². The van der Waals surface area contributed by atoms with E-state index < -0.39 is 0 Å². The molecular weight excluding hydrogens is 360 g/mol. The maximum Gasteiger partial charge on any atom is 0.193 e. The highest BCUT2D eigenvalue weighted by Gasteiger charge is 2.29. The van der Waals surface area contributed by atoms with Crippen molar-refractivity contribution in [3.05, 3.63) is 47.5 Å². The molecule has 0 bridgehead atoms. The fourth-order valence-electron chi connectivity index (χ4n) is 4.85. The largest absolute Gasteiger partial charge is 0.357 e. The zero-order chi connectivity index (χ0) is 20.2. The third-order valence-electron chi connectivity index (χ3n) is 6.50. The summed E-state index contributed by atoms with van der Waals surface area (Å²) >= 11 is 0. The van der Waals surface area contributed by atoms with Crippen LogP contribution in [0.5, 0.6) is 0 Å². The van der Waals surface area contributed by atoms with Crippen molar-refractivity contribution in [2.24, 2.45) is 16.8 Å². The van der Waals surface area contributed by atoms with Crippen molar-refractivity contribution in [1.82, 2.24) is 25.0 Å². The second-order valence-electron chi connectivity index (χ2n) is 8.60. The zero-order valence-corrected chi connectivity index (χ0v) is 18.0. The molecule has 0 radical (unpaired) electrons. The first kappa shape index (κ1) is 19.9. The molecule has 29 heavy (non-hydrogen) atoms. The number of rotatable bonds is 4. The monoisotopic (exact) mass is 394 g/mol. The van der Waals surface area contributed by atoms with Gasteiger partial charge >= 0.3 is 0 Å². The van der Waals surface area contributed by atoms with E-state index in [9.17, 15) is 0 Å². The number of fused-ring (bicyclic) bond motifs is 1. The minimum atomic E-state index is 0.560. The molecule has 1 fully saturated rings. The molecule has 1 aromatic carbocycles. The van der Waals surface area contributed by atoms with E-state index in [1.54, 1.807) is 0 Å². The minimum absolute atomic E-state index is 0.560. The van der Waals surface area contributed by atoms with Crippen LogP contribution in [0.4, 0.5) is 0 Å². The number of nitrogens with zero attached hydrogens (tertiary/aromatic N) is 5. The number of hydrogen-bond donors (Lipinski definition) is 1. The van der Waals surface area contributed by atoms with E-state index in [1.165, 1.54) is 12.0 Å². The van der Waals surface area contributed by atoms with E-state index in [2.05, 4.69) is 69.2 Å². The summed E-state index contributed by atoms with van der Waals surface area (Å²) in [6.45, 7) is 11.5. The number of aryl methyl sites for hydroxylation is 2. The average molecular weight is 395 g/mol. The molecule has 0 spiro atoms. The summed E-state index contributed by atoms with van der Waals surface area (Å²) in [7, 11) is 0. The molecule has 2 aliphatic rings. The lowest BCUT2D eigenvalue weighted by Gasteiger charge is -2.39. The van der Waals surface area contributed by atoms with Crippen LogP contribution in [-0.2, 0) is 13.0 Å². The molecule has 0 aliphatic carbocycles. The Morgan fingerprint density at radius 3 is 2.76 bits per heavy atom. The van der Waals surface area contributed by atoms with Gasteiger partial charge in [-0.15, -0.1) is 10.2 Å². The normalized spacial score (nSPS) is 25.0. The van der Waals surface area contributed by atoms with Gasteiger partial charge in [-0.2, -0.15) is 0 Å². The summed E-state index contributed by atoms with van der Waals surface area (Å²) in [5.41, 5.74) is 1.48. The zero-order valence-electron chi connectivity index (χ0n) is 18.0. The van der Waals surface area contributed by atoms with Gasteiger partial charge in [0.15, 0.2) is 5.96 Å². The highest BCUT2D eigenvalue weighted by atomic mass is 15.3.